The van der Waals surface area contributed by atoms with E-state index >= 15 is 0 Å². The number of fused-ring (bicyclic) bond motifs is 1. The number of rotatable bonds is 7. The van der Waals surface area contributed by atoms with Gasteiger partial charge in [-0.15, -0.1) is 0 Å². The zero-order valence-corrected chi connectivity index (χ0v) is 15.2. The third-order valence-corrected chi connectivity index (χ3v) is 4.68. The number of nitrogens with zero attached hydrogens (tertiary/aromatic N) is 1. The van der Waals surface area contributed by atoms with Crippen molar-refractivity contribution in [3.05, 3.63) is 42.0 Å². The largest absolute Gasteiger partial charge is 0.493 e. The van der Waals surface area contributed by atoms with Crippen LogP contribution in [-0.4, -0.2) is 30.2 Å². The number of hydrogen-bond donors (Lipinski definition) is 1. The summed E-state index contributed by atoms with van der Waals surface area (Å²) < 4.78 is 48.0. The van der Waals surface area contributed by atoms with Crippen LogP contribution in [0.3, 0.4) is 0 Å². The number of carbonyl (C=O) groups is 1. The minimum Gasteiger partial charge on any atom is -0.493 e. The van der Waals surface area contributed by atoms with Gasteiger partial charge in [-0.2, -0.15) is 13.2 Å². The number of halogens is 3. The molecule has 1 amide bonds. The number of ether oxygens (including phenoxy) is 1. The second-order valence-corrected chi connectivity index (χ2v) is 6.68. The van der Waals surface area contributed by atoms with Gasteiger partial charge in [0.15, 0.2) is 6.04 Å². The van der Waals surface area contributed by atoms with Gasteiger partial charge in [0.25, 0.3) is 0 Å². The Morgan fingerprint density at radius 2 is 1.96 bits per heavy atom. The SMILES string of the molecule is CCCCCOc1ccc2ccccc2c1[C@H](N1CCC(=O)N1)C(F)(F)F. The van der Waals surface area contributed by atoms with Crippen molar-refractivity contribution >= 4 is 16.7 Å². The van der Waals surface area contributed by atoms with Gasteiger partial charge in [0.05, 0.1) is 6.61 Å². The summed E-state index contributed by atoms with van der Waals surface area (Å²) in [4.78, 5) is 11.6. The topological polar surface area (TPSA) is 41.6 Å². The molecular formula is C20H23F3N2O2. The summed E-state index contributed by atoms with van der Waals surface area (Å²) in [6.07, 6.45) is -1.79. The molecule has 1 aliphatic rings. The van der Waals surface area contributed by atoms with Crippen LogP contribution in [0.1, 0.15) is 44.2 Å². The lowest BCUT2D eigenvalue weighted by atomic mass is 9.96. The van der Waals surface area contributed by atoms with E-state index in [4.69, 9.17) is 4.74 Å². The average molecular weight is 380 g/mol. The van der Waals surface area contributed by atoms with Crippen LogP contribution in [0.4, 0.5) is 13.2 Å². The maximum Gasteiger partial charge on any atom is 0.410 e. The number of alkyl halides is 3. The van der Waals surface area contributed by atoms with E-state index in [9.17, 15) is 18.0 Å². The first-order valence-electron chi connectivity index (χ1n) is 9.19. The van der Waals surface area contributed by atoms with Gasteiger partial charge in [-0.05, 0) is 23.3 Å². The molecule has 0 radical (unpaired) electrons. The lowest BCUT2D eigenvalue weighted by molar-refractivity contribution is -0.191. The van der Waals surface area contributed by atoms with E-state index < -0.39 is 18.1 Å². The monoisotopic (exact) mass is 380 g/mol. The first-order chi connectivity index (χ1) is 12.9. The Morgan fingerprint density at radius 3 is 2.63 bits per heavy atom. The predicted molar refractivity (Wildman–Crippen MR) is 97.2 cm³/mol. The van der Waals surface area contributed by atoms with Crippen molar-refractivity contribution in [3.63, 3.8) is 0 Å². The summed E-state index contributed by atoms with van der Waals surface area (Å²) in [7, 11) is 0. The van der Waals surface area contributed by atoms with Gasteiger partial charge in [-0.1, -0.05) is 50.1 Å². The van der Waals surface area contributed by atoms with E-state index in [1.165, 1.54) is 0 Å². The molecule has 0 aromatic heterocycles. The van der Waals surface area contributed by atoms with Gasteiger partial charge >= 0.3 is 6.18 Å². The zero-order chi connectivity index (χ0) is 19.4. The molecule has 4 nitrogen and oxygen atoms in total. The van der Waals surface area contributed by atoms with Crippen LogP contribution in [0.25, 0.3) is 10.8 Å². The first kappa shape index (κ1) is 19.5. The van der Waals surface area contributed by atoms with Gasteiger partial charge in [0, 0.05) is 18.5 Å². The fourth-order valence-corrected chi connectivity index (χ4v) is 3.40. The second-order valence-electron chi connectivity index (χ2n) is 6.68. The van der Waals surface area contributed by atoms with Crippen LogP contribution in [0, 0.1) is 0 Å². The number of hydrazine groups is 1. The van der Waals surface area contributed by atoms with E-state index in [2.05, 4.69) is 12.3 Å². The summed E-state index contributed by atoms with van der Waals surface area (Å²) in [5.74, 6) is -0.192. The van der Waals surface area contributed by atoms with Gasteiger partial charge in [0.2, 0.25) is 5.91 Å². The van der Waals surface area contributed by atoms with Gasteiger partial charge in [-0.25, -0.2) is 5.01 Å². The van der Waals surface area contributed by atoms with Gasteiger partial charge in [-0.3, -0.25) is 10.2 Å². The van der Waals surface area contributed by atoms with Crippen molar-refractivity contribution in [2.75, 3.05) is 13.2 Å². The van der Waals surface area contributed by atoms with Crippen molar-refractivity contribution in [3.8, 4) is 5.75 Å². The average Bonchev–Trinajstić information content (AvgIpc) is 3.04. The molecule has 1 heterocycles. The van der Waals surface area contributed by atoms with Crippen LogP contribution in [0.2, 0.25) is 0 Å². The van der Waals surface area contributed by atoms with Crippen LogP contribution in [-0.2, 0) is 4.79 Å². The number of carbonyl (C=O) groups excluding carboxylic acids is 1. The Kier molecular flexibility index (Phi) is 5.89. The predicted octanol–water partition coefficient (Wildman–Crippen LogP) is 4.75. The van der Waals surface area contributed by atoms with Crippen LogP contribution in [0.15, 0.2) is 36.4 Å². The van der Waals surface area contributed by atoms with Crippen molar-refractivity contribution in [1.82, 2.24) is 10.4 Å². The maximum atomic E-state index is 14.1. The molecule has 0 unspecified atom stereocenters. The highest BCUT2D eigenvalue weighted by molar-refractivity contribution is 5.88. The number of benzene rings is 2. The highest BCUT2D eigenvalue weighted by atomic mass is 19.4. The molecule has 1 fully saturated rings. The Hall–Kier alpha value is -2.28. The van der Waals surface area contributed by atoms with E-state index in [-0.39, 0.29) is 24.3 Å². The first-order valence-corrected chi connectivity index (χ1v) is 9.19. The molecule has 1 saturated heterocycles. The van der Waals surface area contributed by atoms with Crippen molar-refractivity contribution in [2.45, 2.75) is 44.8 Å². The summed E-state index contributed by atoms with van der Waals surface area (Å²) in [6.45, 7) is 2.41. The molecule has 0 saturated carbocycles. The molecule has 0 aliphatic carbocycles. The molecule has 146 valence electrons. The second kappa shape index (κ2) is 8.17. The number of amides is 1. The highest BCUT2D eigenvalue weighted by Gasteiger charge is 2.48. The molecule has 1 N–H and O–H groups in total. The Bertz CT molecular complexity index is 807. The molecular weight excluding hydrogens is 357 g/mol. The molecule has 2 aromatic rings. The number of unbranched alkanes of at least 4 members (excludes halogenated alkanes) is 2. The molecule has 0 bridgehead atoms. The summed E-state index contributed by atoms with van der Waals surface area (Å²) in [6, 6.07) is 8.34. The quantitative estimate of drug-likeness (QED) is 0.705. The summed E-state index contributed by atoms with van der Waals surface area (Å²) in [5, 5.41) is 2.16. The molecule has 0 spiro atoms. The smallest absolute Gasteiger partial charge is 0.410 e. The fraction of sp³-hybridized carbons (Fsp3) is 0.450. The molecule has 1 atom stereocenters. The Labute approximate surface area is 156 Å². The van der Waals surface area contributed by atoms with E-state index in [1.54, 1.807) is 36.4 Å². The normalized spacial score (nSPS) is 16.5. The molecule has 1 aliphatic heterocycles. The third kappa shape index (κ3) is 4.35. The van der Waals surface area contributed by atoms with E-state index in [0.29, 0.717) is 17.4 Å². The number of nitrogens with one attached hydrogen (secondary N) is 1. The van der Waals surface area contributed by atoms with Crippen molar-refractivity contribution in [2.24, 2.45) is 0 Å². The van der Waals surface area contributed by atoms with Crippen molar-refractivity contribution in [1.29, 1.82) is 0 Å². The van der Waals surface area contributed by atoms with E-state index in [1.807, 2.05) is 0 Å². The van der Waals surface area contributed by atoms with Gasteiger partial charge < -0.3 is 4.74 Å². The Morgan fingerprint density at radius 1 is 1.19 bits per heavy atom. The number of hydrogen-bond acceptors (Lipinski definition) is 3. The van der Waals surface area contributed by atoms with Crippen LogP contribution in [0.5, 0.6) is 5.75 Å². The minimum absolute atomic E-state index is 0.00149. The standard InChI is InChI=1S/C20H23F3N2O2/c1-2-3-6-13-27-16-10-9-14-7-4-5-8-15(14)18(16)19(20(21,22)23)25-12-11-17(26)24-25/h4-5,7-10,19H,2-3,6,11-13H2,1H3,(H,24,26)/t19-/m0/s1. The highest BCUT2D eigenvalue weighted by Crippen LogP contribution is 2.45. The molecule has 7 heteroatoms. The molecule has 3 rings (SSSR count). The third-order valence-electron chi connectivity index (χ3n) is 4.68. The van der Waals surface area contributed by atoms with Crippen LogP contribution < -0.4 is 10.2 Å². The van der Waals surface area contributed by atoms with Crippen molar-refractivity contribution < 1.29 is 22.7 Å². The Balaban J connectivity index is 2.08. The van der Waals surface area contributed by atoms with Gasteiger partial charge in [0.1, 0.15) is 5.75 Å². The maximum absolute atomic E-state index is 14.1. The molecule has 2 aromatic carbocycles. The lowest BCUT2D eigenvalue weighted by Crippen LogP contribution is -2.43. The molecule has 27 heavy (non-hydrogen) atoms. The van der Waals surface area contributed by atoms with Crippen LogP contribution >= 0.6 is 0 Å². The summed E-state index contributed by atoms with van der Waals surface area (Å²) >= 11 is 0. The summed E-state index contributed by atoms with van der Waals surface area (Å²) in [5.41, 5.74) is 2.40. The zero-order valence-electron chi connectivity index (χ0n) is 15.2. The fourth-order valence-electron chi connectivity index (χ4n) is 3.40. The van der Waals surface area contributed by atoms with E-state index in [0.717, 1.165) is 24.3 Å². The minimum atomic E-state index is -4.57. The lowest BCUT2D eigenvalue weighted by Gasteiger charge is -2.31.